The SMILES string of the molecule is C=NN(/C=C(\N)c1nc2c([nH]1)c(=O)n(CC1CC1)c(=O)n2C)Cc1cccc(C(F)(F)F)c1. The summed E-state index contributed by atoms with van der Waals surface area (Å²) in [6.07, 6.45) is -1.17. The van der Waals surface area contributed by atoms with Crippen LogP contribution in [0.15, 0.2) is 45.2 Å². The lowest BCUT2D eigenvalue weighted by molar-refractivity contribution is -0.137. The van der Waals surface area contributed by atoms with E-state index in [1.165, 1.54) is 39.5 Å². The zero-order valence-corrected chi connectivity index (χ0v) is 17.8. The number of nitrogens with zero attached hydrogens (tertiary/aromatic N) is 5. The van der Waals surface area contributed by atoms with Crippen molar-refractivity contribution in [2.75, 3.05) is 0 Å². The molecule has 0 atom stereocenters. The Bertz CT molecular complexity index is 1360. The first-order chi connectivity index (χ1) is 15.6. The Balaban J connectivity index is 1.65. The summed E-state index contributed by atoms with van der Waals surface area (Å²) in [5, 5.41) is 5.03. The quantitative estimate of drug-likeness (QED) is 0.414. The van der Waals surface area contributed by atoms with Gasteiger partial charge in [0, 0.05) is 20.3 Å². The number of alkyl halides is 3. The third-order valence-corrected chi connectivity index (χ3v) is 5.46. The molecule has 1 aromatic carbocycles. The molecule has 1 fully saturated rings. The van der Waals surface area contributed by atoms with Crippen molar-refractivity contribution in [3.63, 3.8) is 0 Å². The number of hydrogen-bond donors (Lipinski definition) is 2. The average molecular weight is 461 g/mol. The van der Waals surface area contributed by atoms with Gasteiger partial charge in [-0.15, -0.1) is 0 Å². The van der Waals surface area contributed by atoms with E-state index in [4.69, 9.17) is 5.73 Å². The van der Waals surface area contributed by atoms with Gasteiger partial charge in [0.05, 0.1) is 24.0 Å². The van der Waals surface area contributed by atoms with Crippen molar-refractivity contribution in [1.29, 1.82) is 0 Å². The van der Waals surface area contributed by atoms with Gasteiger partial charge in [0.25, 0.3) is 5.56 Å². The first-order valence-corrected chi connectivity index (χ1v) is 10.1. The Kier molecular flexibility index (Phi) is 5.60. The maximum absolute atomic E-state index is 13.0. The Morgan fingerprint density at radius 2 is 2.12 bits per heavy atom. The Morgan fingerprint density at radius 3 is 2.76 bits per heavy atom. The molecule has 4 rings (SSSR count). The summed E-state index contributed by atoms with van der Waals surface area (Å²) in [7, 11) is 1.52. The molecule has 2 heterocycles. The van der Waals surface area contributed by atoms with Gasteiger partial charge in [0.1, 0.15) is 5.52 Å². The molecule has 0 amide bonds. The van der Waals surface area contributed by atoms with Gasteiger partial charge in [0.15, 0.2) is 11.5 Å². The number of halogens is 3. The maximum atomic E-state index is 13.0. The molecule has 9 nitrogen and oxygen atoms in total. The molecule has 33 heavy (non-hydrogen) atoms. The molecule has 1 saturated carbocycles. The van der Waals surface area contributed by atoms with E-state index >= 15 is 0 Å². The smallest absolute Gasteiger partial charge is 0.394 e. The number of benzene rings is 1. The summed E-state index contributed by atoms with van der Waals surface area (Å²) in [6.45, 7) is 3.75. The van der Waals surface area contributed by atoms with E-state index in [0.717, 1.165) is 25.0 Å². The second-order valence-electron chi connectivity index (χ2n) is 8.01. The van der Waals surface area contributed by atoms with Gasteiger partial charge in [-0.1, -0.05) is 12.1 Å². The van der Waals surface area contributed by atoms with Gasteiger partial charge in [-0.3, -0.25) is 18.9 Å². The molecule has 0 radical (unpaired) electrons. The second kappa shape index (κ2) is 8.26. The fourth-order valence-corrected chi connectivity index (χ4v) is 3.50. The van der Waals surface area contributed by atoms with Crippen LogP contribution in [0.5, 0.6) is 0 Å². The molecule has 0 bridgehead atoms. The zero-order valence-electron chi connectivity index (χ0n) is 17.8. The van der Waals surface area contributed by atoms with Crippen LogP contribution in [-0.2, 0) is 26.3 Å². The van der Waals surface area contributed by atoms with E-state index in [1.807, 2.05) is 0 Å². The number of nitrogens with two attached hydrogens (primary N) is 1. The van der Waals surface area contributed by atoms with Gasteiger partial charge in [0.2, 0.25) is 0 Å². The third kappa shape index (κ3) is 4.54. The molecular weight excluding hydrogens is 439 g/mol. The van der Waals surface area contributed by atoms with Crippen LogP contribution in [0.2, 0.25) is 0 Å². The molecule has 1 aliphatic carbocycles. The maximum Gasteiger partial charge on any atom is 0.416 e. The van der Waals surface area contributed by atoms with E-state index in [-0.39, 0.29) is 29.2 Å². The van der Waals surface area contributed by atoms with Crippen molar-refractivity contribution in [3.05, 3.63) is 68.3 Å². The molecule has 174 valence electrons. The summed E-state index contributed by atoms with van der Waals surface area (Å²) in [5.74, 6) is 0.447. The molecule has 12 heteroatoms. The summed E-state index contributed by atoms with van der Waals surface area (Å²) >= 11 is 0. The number of imidazole rings is 1. The summed E-state index contributed by atoms with van der Waals surface area (Å²) in [4.78, 5) is 32.5. The van der Waals surface area contributed by atoms with Gasteiger partial charge in [-0.25, -0.2) is 9.78 Å². The number of hydrazone groups is 1. The molecule has 1 aliphatic rings. The van der Waals surface area contributed by atoms with Crippen LogP contribution in [0.25, 0.3) is 16.9 Å². The fraction of sp³-hybridized carbons (Fsp3) is 0.333. The fourth-order valence-electron chi connectivity index (χ4n) is 3.50. The van der Waals surface area contributed by atoms with Crippen molar-refractivity contribution in [1.82, 2.24) is 24.1 Å². The van der Waals surface area contributed by atoms with Crippen molar-refractivity contribution in [3.8, 4) is 0 Å². The highest BCUT2D eigenvalue weighted by Crippen LogP contribution is 2.30. The summed E-state index contributed by atoms with van der Waals surface area (Å²) in [5.41, 5.74) is 5.10. The van der Waals surface area contributed by atoms with Gasteiger partial charge < -0.3 is 10.7 Å². The third-order valence-electron chi connectivity index (χ3n) is 5.46. The summed E-state index contributed by atoms with van der Waals surface area (Å²) in [6, 6.07) is 4.82. The molecule has 3 N–H and O–H groups in total. The molecule has 0 aliphatic heterocycles. The number of H-pyrrole nitrogens is 1. The highest BCUT2D eigenvalue weighted by atomic mass is 19.4. The topological polar surface area (TPSA) is 114 Å². The summed E-state index contributed by atoms with van der Waals surface area (Å²) < 4.78 is 41.4. The van der Waals surface area contributed by atoms with Gasteiger partial charge in [-0.2, -0.15) is 18.3 Å². The minimum atomic E-state index is -4.46. The first-order valence-electron chi connectivity index (χ1n) is 10.1. The first kappa shape index (κ1) is 22.4. The predicted octanol–water partition coefficient (Wildman–Crippen LogP) is 2.23. The van der Waals surface area contributed by atoms with Crippen LogP contribution in [0.3, 0.4) is 0 Å². The number of nitrogens with one attached hydrogen (secondary N) is 1. The van der Waals surface area contributed by atoms with E-state index in [9.17, 15) is 22.8 Å². The predicted molar refractivity (Wildman–Crippen MR) is 117 cm³/mol. The molecular formula is C21H22F3N7O2. The van der Waals surface area contributed by atoms with E-state index in [2.05, 4.69) is 21.8 Å². The lowest BCUT2D eigenvalue weighted by Gasteiger charge is -2.16. The van der Waals surface area contributed by atoms with Gasteiger partial charge in [-0.05, 0) is 36.5 Å². The zero-order chi connectivity index (χ0) is 23.9. The monoisotopic (exact) mass is 461 g/mol. The van der Waals surface area contributed by atoms with Crippen LogP contribution < -0.4 is 17.0 Å². The Hall–Kier alpha value is -3.83. The second-order valence-corrected chi connectivity index (χ2v) is 8.01. The Morgan fingerprint density at radius 1 is 1.39 bits per heavy atom. The van der Waals surface area contributed by atoms with Crippen LogP contribution in [0.4, 0.5) is 13.2 Å². The number of rotatable bonds is 7. The number of aryl methyl sites for hydroxylation is 1. The van der Waals surface area contributed by atoms with Crippen molar-refractivity contribution in [2.24, 2.45) is 23.8 Å². The minimum absolute atomic E-state index is 0.0268. The van der Waals surface area contributed by atoms with Crippen molar-refractivity contribution in [2.45, 2.75) is 32.1 Å². The molecule has 0 saturated heterocycles. The number of hydrogen-bond acceptors (Lipinski definition) is 6. The van der Waals surface area contributed by atoms with E-state index < -0.39 is 23.0 Å². The molecule has 2 aromatic heterocycles. The number of aromatic nitrogens is 4. The molecule has 0 unspecified atom stereocenters. The minimum Gasteiger partial charge on any atom is -0.394 e. The molecule has 3 aromatic rings. The normalized spacial score (nSPS) is 14.6. The van der Waals surface area contributed by atoms with E-state index in [0.29, 0.717) is 18.0 Å². The van der Waals surface area contributed by atoms with Crippen LogP contribution in [0, 0.1) is 5.92 Å². The van der Waals surface area contributed by atoms with Crippen molar-refractivity contribution < 1.29 is 13.2 Å². The van der Waals surface area contributed by atoms with E-state index in [1.54, 1.807) is 0 Å². The number of fused-ring (bicyclic) bond motifs is 1. The average Bonchev–Trinajstić information content (AvgIpc) is 3.48. The highest BCUT2D eigenvalue weighted by molar-refractivity contribution is 5.74. The van der Waals surface area contributed by atoms with Crippen molar-refractivity contribution >= 4 is 23.6 Å². The largest absolute Gasteiger partial charge is 0.416 e. The Labute approximate surface area is 185 Å². The molecule has 0 spiro atoms. The standard InChI is InChI=1S/C21H22F3N7O2/c1-26-30(9-13-4-3-5-14(8-13)21(22,23)24)11-15(25)17-27-16-18(28-17)29(2)20(33)31(19(16)32)10-12-6-7-12/h3-5,8,11-12H,1,6-7,9-10,25H2,2H3,(H,27,28)/b15-11-. The lowest BCUT2D eigenvalue weighted by atomic mass is 10.1. The lowest BCUT2D eigenvalue weighted by Crippen LogP contribution is -2.39. The van der Waals surface area contributed by atoms with Crippen LogP contribution in [-0.4, -0.2) is 30.8 Å². The van der Waals surface area contributed by atoms with Gasteiger partial charge >= 0.3 is 11.9 Å². The van der Waals surface area contributed by atoms with Crippen LogP contribution >= 0.6 is 0 Å². The number of aromatic amines is 1. The highest BCUT2D eigenvalue weighted by Gasteiger charge is 2.30. The van der Waals surface area contributed by atoms with Crippen LogP contribution in [0.1, 0.15) is 29.8 Å².